The Kier molecular flexibility index (Phi) is 4.55. The Morgan fingerprint density at radius 1 is 1.50 bits per heavy atom. The molecule has 0 unspecified atom stereocenters. The topological polar surface area (TPSA) is 12.4 Å². The molecule has 0 amide bonds. The summed E-state index contributed by atoms with van der Waals surface area (Å²) in [5.41, 5.74) is 2.26. The summed E-state index contributed by atoms with van der Waals surface area (Å²) in [5.74, 6) is 0. The van der Waals surface area contributed by atoms with E-state index < -0.39 is 0 Å². The lowest BCUT2D eigenvalue weighted by molar-refractivity contribution is 1.25. The zero-order chi connectivity index (χ0) is 7.98. The smallest absolute Gasteiger partial charge is 0.0296 e. The highest BCUT2D eigenvalue weighted by Crippen LogP contribution is 1.94. The van der Waals surface area contributed by atoms with Gasteiger partial charge in [0, 0.05) is 11.9 Å². The van der Waals surface area contributed by atoms with Gasteiger partial charge in [-0.1, -0.05) is 19.6 Å². The molecule has 10 heavy (non-hydrogen) atoms. The van der Waals surface area contributed by atoms with Crippen molar-refractivity contribution in [3.8, 4) is 0 Å². The second kappa shape index (κ2) is 4.98. The minimum atomic E-state index is 1.01. The van der Waals surface area contributed by atoms with Crippen molar-refractivity contribution in [3.05, 3.63) is 24.4 Å². The summed E-state index contributed by atoms with van der Waals surface area (Å²) in [6, 6.07) is 0. The third-order valence-corrected chi connectivity index (χ3v) is 1.32. The number of hydrogen-bond acceptors (Lipinski definition) is 1. The lowest BCUT2D eigenvalue weighted by Gasteiger charge is -1.90. The summed E-state index contributed by atoms with van der Waals surface area (Å²) in [7, 11) is 0. The van der Waals surface area contributed by atoms with Crippen LogP contribution in [0.15, 0.2) is 29.4 Å². The Labute approximate surface area is 63.2 Å². The van der Waals surface area contributed by atoms with Gasteiger partial charge >= 0.3 is 0 Å². The molecule has 0 spiro atoms. The standard InChI is InChI=1S/C9H15N/c1-5-8(3)7-10-9(4)6-2/h5,7H,1,6H2,2-4H3/b8-7-,10-9?. The Morgan fingerprint density at radius 3 is 2.50 bits per heavy atom. The van der Waals surface area contributed by atoms with E-state index >= 15 is 0 Å². The van der Waals surface area contributed by atoms with E-state index in [2.05, 4.69) is 18.5 Å². The number of rotatable bonds is 3. The molecule has 0 heterocycles. The summed E-state index contributed by atoms with van der Waals surface area (Å²) < 4.78 is 0. The largest absolute Gasteiger partial charge is 0.266 e. The third-order valence-electron chi connectivity index (χ3n) is 1.32. The first kappa shape index (κ1) is 9.15. The Balaban J connectivity index is 4.03. The van der Waals surface area contributed by atoms with Crippen LogP contribution in [-0.4, -0.2) is 5.71 Å². The van der Waals surface area contributed by atoms with Crippen LogP contribution in [0.2, 0.25) is 0 Å². The zero-order valence-corrected chi connectivity index (χ0v) is 7.02. The van der Waals surface area contributed by atoms with Gasteiger partial charge in [0.25, 0.3) is 0 Å². The lowest BCUT2D eigenvalue weighted by atomic mass is 10.3. The first-order valence-corrected chi connectivity index (χ1v) is 3.53. The van der Waals surface area contributed by atoms with Gasteiger partial charge in [0.2, 0.25) is 0 Å². The van der Waals surface area contributed by atoms with Crippen molar-refractivity contribution >= 4 is 5.71 Å². The first-order chi connectivity index (χ1) is 4.70. The SMILES string of the molecule is C=C/C(C)=C\N=C(C)CC. The predicted octanol–water partition coefficient (Wildman–Crippen LogP) is 2.95. The van der Waals surface area contributed by atoms with Crippen molar-refractivity contribution in [1.29, 1.82) is 0 Å². The number of allylic oxidation sites excluding steroid dienone is 2. The van der Waals surface area contributed by atoms with Gasteiger partial charge in [-0.25, -0.2) is 0 Å². The van der Waals surface area contributed by atoms with Crippen LogP contribution in [0.1, 0.15) is 27.2 Å². The van der Waals surface area contributed by atoms with Gasteiger partial charge in [-0.15, -0.1) is 0 Å². The summed E-state index contributed by atoms with van der Waals surface area (Å²) in [6.45, 7) is 9.73. The van der Waals surface area contributed by atoms with Crippen molar-refractivity contribution in [2.75, 3.05) is 0 Å². The highest BCUT2D eigenvalue weighted by molar-refractivity contribution is 5.82. The molecule has 0 aliphatic rings. The van der Waals surface area contributed by atoms with Gasteiger partial charge < -0.3 is 0 Å². The van der Waals surface area contributed by atoms with Gasteiger partial charge in [0.15, 0.2) is 0 Å². The predicted molar refractivity (Wildman–Crippen MR) is 47.4 cm³/mol. The normalized spacial score (nSPS) is 13.5. The average molecular weight is 137 g/mol. The van der Waals surface area contributed by atoms with E-state index in [1.54, 1.807) is 6.08 Å². The molecule has 1 heteroatoms. The fraction of sp³-hybridized carbons (Fsp3) is 0.444. The molecule has 0 radical (unpaired) electrons. The second-order valence-electron chi connectivity index (χ2n) is 2.30. The van der Waals surface area contributed by atoms with Crippen molar-refractivity contribution in [2.45, 2.75) is 27.2 Å². The van der Waals surface area contributed by atoms with E-state index in [0.29, 0.717) is 0 Å². The van der Waals surface area contributed by atoms with Gasteiger partial charge in [-0.3, -0.25) is 4.99 Å². The lowest BCUT2D eigenvalue weighted by Crippen LogP contribution is -1.84. The quantitative estimate of drug-likeness (QED) is 0.419. The van der Waals surface area contributed by atoms with Crippen LogP contribution in [0.3, 0.4) is 0 Å². The minimum Gasteiger partial charge on any atom is -0.266 e. The maximum atomic E-state index is 4.20. The average Bonchev–Trinajstić information content (AvgIpc) is 1.99. The van der Waals surface area contributed by atoms with Gasteiger partial charge in [0.05, 0.1) is 0 Å². The van der Waals surface area contributed by atoms with E-state index in [4.69, 9.17) is 0 Å². The Morgan fingerprint density at radius 2 is 2.10 bits per heavy atom. The van der Waals surface area contributed by atoms with Crippen LogP contribution < -0.4 is 0 Å². The van der Waals surface area contributed by atoms with E-state index in [-0.39, 0.29) is 0 Å². The second-order valence-corrected chi connectivity index (χ2v) is 2.30. The van der Waals surface area contributed by atoms with Crippen LogP contribution in [0.5, 0.6) is 0 Å². The van der Waals surface area contributed by atoms with E-state index in [1.165, 1.54) is 0 Å². The molecule has 0 aromatic rings. The van der Waals surface area contributed by atoms with Crippen molar-refractivity contribution in [3.63, 3.8) is 0 Å². The number of hydrogen-bond donors (Lipinski definition) is 0. The molecule has 0 saturated heterocycles. The molecule has 0 saturated carbocycles. The van der Waals surface area contributed by atoms with Gasteiger partial charge in [-0.2, -0.15) is 0 Å². The van der Waals surface area contributed by atoms with Crippen LogP contribution in [0.25, 0.3) is 0 Å². The molecule has 0 bridgehead atoms. The Hall–Kier alpha value is -0.850. The summed E-state index contributed by atoms with van der Waals surface area (Å²) >= 11 is 0. The molecular weight excluding hydrogens is 122 g/mol. The molecule has 0 N–H and O–H groups in total. The molecular formula is C9H15N. The fourth-order valence-electron chi connectivity index (χ4n) is 0.356. The van der Waals surface area contributed by atoms with E-state index in [9.17, 15) is 0 Å². The molecule has 0 aromatic heterocycles. The summed E-state index contributed by atoms with van der Waals surface area (Å²) in [6.07, 6.45) is 4.65. The van der Waals surface area contributed by atoms with E-state index in [0.717, 1.165) is 17.7 Å². The van der Waals surface area contributed by atoms with Crippen molar-refractivity contribution < 1.29 is 0 Å². The molecule has 0 aliphatic heterocycles. The van der Waals surface area contributed by atoms with Crippen LogP contribution in [-0.2, 0) is 0 Å². The molecule has 0 rings (SSSR count). The number of aliphatic imine (C=N–C) groups is 1. The highest BCUT2D eigenvalue weighted by Gasteiger charge is 1.81. The summed E-state index contributed by atoms with van der Waals surface area (Å²) in [4.78, 5) is 4.20. The van der Waals surface area contributed by atoms with Gasteiger partial charge in [-0.05, 0) is 25.8 Å². The maximum Gasteiger partial charge on any atom is 0.0296 e. The molecule has 0 atom stereocenters. The zero-order valence-electron chi connectivity index (χ0n) is 7.02. The monoisotopic (exact) mass is 137 g/mol. The van der Waals surface area contributed by atoms with Crippen LogP contribution in [0, 0.1) is 0 Å². The molecule has 0 aromatic carbocycles. The van der Waals surface area contributed by atoms with Crippen molar-refractivity contribution in [2.24, 2.45) is 4.99 Å². The third kappa shape index (κ3) is 4.07. The summed E-state index contributed by atoms with van der Waals surface area (Å²) in [5, 5.41) is 0. The van der Waals surface area contributed by atoms with Crippen molar-refractivity contribution in [1.82, 2.24) is 0 Å². The van der Waals surface area contributed by atoms with Gasteiger partial charge in [0.1, 0.15) is 0 Å². The molecule has 0 aliphatic carbocycles. The minimum absolute atomic E-state index is 1.01. The number of nitrogens with zero attached hydrogens (tertiary/aromatic N) is 1. The first-order valence-electron chi connectivity index (χ1n) is 3.53. The molecule has 56 valence electrons. The highest BCUT2D eigenvalue weighted by atomic mass is 14.7. The molecule has 1 nitrogen and oxygen atoms in total. The fourth-order valence-corrected chi connectivity index (χ4v) is 0.356. The van der Waals surface area contributed by atoms with Crippen LogP contribution in [0.4, 0.5) is 0 Å². The maximum absolute atomic E-state index is 4.20. The van der Waals surface area contributed by atoms with Crippen LogP contribution >= 0.6 is 0 Å². The molecule has 0 fully saturated rings. The Bertz CT molecular complexity index is 164. The van der Waals surface area contributed by atoms with E-state index in [1.807, 2.05) is 20.0 Å².